The van der Waals surface area contributed by atoms with Crippen molar-refractivity contribution in [2.45, 2.75) is 0 Å². The molecular weight excluding hydrogens is 617 g/mol. The molecule has 0 amide bonds. The van der Waals surface area contributed by atoms with Gasteiger partial charge in [-0.15, -0.1) is 0 Å². The molecule has 0 unspecified atom stereocenters. The Labute approximate surface area is 316 Å². The van der Waals surface area contributed by atoms with Crippen molar-refractivity contribution < 1.29 is 23.6 Å². The summed E-state index contributed by atoms with van der Waals surface area (Å²) in [5.74, 6) is 0. The van der Waals surface area contributed by atoms with Gasteiger partial charge in [-0.05, 0) is 113 Å². The van der Waals surface area contributed by atoms with Crippen molar-refractivity contribution in [3.8, 4) is 55.6 Å². The van der Waals surface area contributed by atoms with E-state index in [2.05, 4.69) is 0 Å². The molecule has 238 valence electrons. The average Bonchev–Trinajstić information content (AvgIpc) is 3.72. The zero-order valence-corrected chi connectivity index (χ0v) is 26.8. The summed E-state index contributed by atoms with van der Waals surface area (Å²) in [6, 6.07) is 26.0. The van der Waals surface area contributed by atoms with Gasteiger partial charge in [0.1, 0.15) is 11.2 Å². The van der Waals surface area contributed by atoms with E-state index in [1.807, 2.05) is 72.8 Å². The summed E-state index contributed by atoms with van der Waals surface area (Å²) < 4.78 is 133. The lowest BCUT2D eigenvalue weighted by molar-refractivity contribution is 0.669. The van der Waals surface area contributed by atoms with Crippen molar-refractivity contribution in [1.82, 2.24) is 0 Å². The van der Waals surface area contributed by atoms with E-state index < -0.39 is 77.6 Å². The third-order valence-electron chi connectivity index (χ3n) is 9.13. The first-order chi connectivity index (χ1) is 31.2. The molecule has 0 saturated carbocycles. The molecule has 0 radical (unpaired) electrons. The molecule has 9 aromatic carbocycles. The molecule has 0 spiro atoms. The quantitative estimate of drug-likeness (QED) is 0.167. The van der Waals surface area contributed by atoms with Gasteiger partial charge in [-0.2, -0.15) is 0 Å². The van der Waals surface area contributed by atoms with E-state index in [9.17, 15) is 6.85 Å². The van der Waals surface area contributed by atoms with Gasteiger partial charge in [0.05, 0.1) is 19.2 Å². The lowest BCUT2D eigenvalue weighted by atomic mass is 9.83. The average molecular weight is 663 g/mol. The van der Waals surface area contributed by atoms with E-state index in [0.29, 0.717) is 54.9 Å². The molecule has 0 atom stereocenters. The van der Waals surface area contributed by atoms with Crippen LogP contribution in [0, 0.1) is 0 Å². The molecule has 0 aliphatic carbocycles. The van der Waals surface area contributed by atoms with Gasteiger partial charge in [-0.3, -0.25) is 0 Å². The molecule has 0 N–H and O–H groups in total. The van der Waals surface area contributed by atoms with Crippen molar-refractivity contribution in [1.29, 1.82) is 0 Å². The van der Waals surface area contributed by atoms with Crippen LogP contribution in [0.15, 0.2) is 198 Å². The molecular formula is C50H32O. The zero-order chi connectivity index (χ0) is 45.9. The van der Waals surface area contributed by atoms with Gasteiger partial charge >= 0.3 is 0 Å². The van der Waals surface area contributed by atoms with Gasteiger partial charge in [0.2, 0.25) is 0 Å². The number of fused-ring (bicyclic) bond motifs is 5. The lowest BCUT2D eigenvalue weighted by Gasteiger charge is -2.19. The van der Waals surface area contributed by atoms with Crippen LogP contribution in [-0.4, -0.2) is 0 Å². The fraction of sp³-hybridized carbons (Fsp3) is 0. The van der Waals surface area contributed by atoms with Crippen LogP contribution >= 0.6 is 0 Å². The molecule has 0 saturated heterocycles. The van der Waals surface area contributed by atoms with Gasteiger partial charge in [-0.1, -0.05) is 158 Å². The molecule has 1 aromatic heterocycles. The van der Waals surface area contributed by atoms with E-state index >= 15 is 0 Å². The van der Waals surface area contributed by atoms with E-state index in [4.69, 9.17) is 16.8 Å². The highest BCUT2D eigenvalue weighted by Crippen LogP contribution is 2.48. The molecule has 1 heterocycles. The van der Waals surface area contributed by atoms with Gasteiger partial charge < -0.3 is 4.42 Å². The first-order valence-electron chi connectivity index (χ1n) is 23.4. The zero-order valence-electron chi connectivity index (χ0n) is 40.8. The largest absolute Gasteiger partial charge is 0.456 e. The van der Waals surface area contributed by atoms with Crippen LogP contribution in [0.3, 0.4) is 0 Å². The number of hydrogen-bond acceptors (Lipinski definition) is 1. The van der Waals surface area contributed by atoms with Crippen LogP contribution in [0.1, 0.15) is 19.2 Å². The summed E-state index contributed by atoms with van der Waals surface area (Å²) in [5, 5.41) is 1.92. The van der Waals surface area contributed by atoms with E-state index in [-0.39, 0.29) is 51.2 Å². The normalized spacial score (nSPS) is 15.4. The second-order valence-electron chi connectivity index (χ2n) is 12.1. The monoisotopic (exact) mass is 662 g/mol. The van der Waals surface area contributed by atoms with Crippen LogP contribution in [-0.2, 0) is 0 Å². The maximum absolute atomic E-state index is 9.87. The molecule has 10 rings (SSSR count). The maximum Gasteiger partial charge on any atom is 0.136 e. The van der Waals surface area contributed by atoms with E-state index in [1.54, 1.807) is 36.4 Å². The van der Waals surface area contributed by atoms with Crippen molar-refractivity contribution >= 4 is 43.5 Å². The highest BCUT2D eigenvalue weighted by Gasteiger charge is 2.21. The van der Waals surface area contributed by atoms with Crippen molar-refractivity contribution in [3.63, 3.8) is 0 Å². The van der Waals surface area contributed by atoms with Crippen LogP contribution in [0.2, 0.25) is 0 Å². The second kappa shape index (κ2) is 12.0. The van der Waals surface area contributed by atoms with Crippen LogP contribution in [0.5, 0.6) is 0 Å². The maximum atomic E-state index is 9.87. The second-order valence-corrected chi connectivity index (χ2v) is 12.1. The predicted molar refractivity (Wildman–Crippen MR) is 216 cm³/mol. The molecule has 0 aliphatic rings. The molecule has 51 heavy (non-hydrogen) atoms. The minimum atomic E-state index is -0.696. The van der Waals surface area contributed by atoms with E-state index in [1.165, 1.54) is 0 Å². The molecule has 1 heteroatoms. The van der Waals surface area contributed by atoms with Crippen LogP contribution in [0.4, 0.5) is 0 Å². The smallest absolute Gasteiger partial charge is 0.136 e. The SMILES string of the molecule is [2H]c1c([2H])c([2H])c(-c2c([2H])c([2H])c3oc4c([2H])c([2H])c([2H])c(-c5c6ccccc6c(-c6c([2H])c(-c7ccccc7)c([2H])c(-c7ccccc7)c6[2H])c6ccccc56)c4c3c2[2H])c([2H])c1[2H]. The Kier molecular flexibility index (Phi) is 4.32. The topological polar surface area (TPSA) is 13.1 Å². The predicted octanol–water partition coefficient (Wildman–Crippen LogP) is 14.2. The minimum Gasteiger partial charge on any atom is -0.456 e. The van der Waals surface area contributed by atoms with Crippen molar-refractivity contribution in [2.75, 3.05) is 0 Å². The highest BCUT2D eigenvalue weighted by molar-refractivity contribution is 6.26. The fourth-order valence-electron chi connectivity index (χ4n) is 6.90. The van der Waals surface area contributed by atoms with Gasteiger partial charge in [-0.25, -0.2) is 0 Å². The Hall–Kier alpha value is -6.70. The molecule has 10 aromatic rings. The molecule has 1 nitrogen and oxygen atoms in total. The fourth-order valence-corrected chi connectivity index (χ4v) is 6.90. The first-order valence-corrected chi connectivity index (χ1v) is 16.4. The highest BCUT2D eigenvalue weighted by atomic mass is 16.3. The minimum absolute atomic E-state index is 0.0141. The number of rotatable bonds is 5. The Morgan fingerprint density at radius 2 is 0.882 bits per heavy atom. The number of furan rings is 1. The van der Waals surface area contributed by atoms with Crippen molar-refractivity contribution in [2.24, 2.45) is 0 Å². The number of hydrogen-bond donors (Lipinski definition) is 0. The van der Waals surface area contributed by atoms with Crippen LogP contribution < -0.4 is 0 Å². The summed E-state index contributed by atoms with van der Waals surface area (Å²) >= 11 is 0. The van der Waals surface area contributed by atoms with Crippen LogP contribution in [0.25, 0.3) is 99.1 Å². The third kappa shape index (κ3) is 4.94. The van der Waals surface area contributed by atoms with Crippen molar-refractivity contribution in [3.05, 3.63) is 194 Å². The Morgan fingerprint density at radius 1 is 0.333 bits per heavy atom. The molecule has 0 fully saturated rings. The van der Waals surface area contributed by atoms with Gasteiger partial charge in [0, 0.05) is 10.8 Å². The summed E-state index contributed by atoms with van der Waals surface area (Å²) in [7, 11) is 0. The Bertz CT molecular complexity index is 3540. The Balaban J connectivity index is 1.40. The number of benzene rings is 9. The first kappa shape index (κ1) is 18.3. The summed E-state index contributed by atoms with van der Waals surface area (Å²) in [6.45, 7) is 0. The lowest BCUT2D eigenvalue weighted by Crippen LogP contribution is -1.92. The summed E-state index contributed by atoms with van der Waals surface area (Å²) in [6.07, 6.45) is 0. The van der Waals surface area contributed by atoms with Gasteiger partial charge in [0.25, 0.3) is 0 Å². The standard InChI is InChI=1S/C50H32O/c1-4-15-33(16-5-1)36-27-28-46-45(32-36)50-44(25-14-26-47(50)51-46)49-42-23-12-10-21-40(42)48(41-22-11-13-24-43(41)49)39-30-37(34-17-6-2-7-18-34)29-38(31-39)35-19-8-3-9-20-35/h1-32H/i1D,4D,5D,14D,15D,16D,25D,26D,27D,28D,29D,30D,31D,32D. The van der Waals surface area contributed by atoms with E-state index in [0.717, 1.165) is 0 Å². The Morgan fingerprint density at radius 3 is 1.49 bits per heavy atom. The summed E-state index contributed by atoms with van der Waals surface area (Å²) in [5.41, 5.74) is 1.62. The third-order valence-corrected chi connectivity index (χ3v) is 9.13. The summed E-state index contributed by atoms with van der Waals surface area (Å²) in [4.78, 5) is 0. The molecule has 0 bridgehead atoms. The van der Waals surface area contributed by atoms with Gasteiger partial charge in [0.15, 0.2) is 0 Å². The molecule has 0 aliphatic heterocycles.